The maximum atomic E-state index is 9.66. The van der Waals surface area contributed by atoms with Gasteiger partial charge in [0.05, 0.1) is 6.61 Å². The summed E-state index contributed by atoms with van der Waals surface area (Å²) in [5.74, 6) is -0.877. The molecule has 0 spiro atoms. The molecule has 0 rings (SSSR count). The second kappa shape index (κ2) is 23.2. The molecule has 1 unspecified atom stereocenters. The van der Waals surface area contributed by atoms with Gasteiger partial charge >= 0.3 is 0 Å². The molecule has 140 valence electrons. The molecular weight excluding hydrogens is 349 g/mol. The van der Waals surface area contributed by atoms with Gasteiger partial charge in [0.25, 0.3) is 5.91 Å². The van der Waals surface area contributed by atoms with Gasteiger partial charge in [-0.3, -0.25) is 4.79 Å². The Bertz CT molecular complexity index is 285. The van der Waals surface area contributed by atoms with E-state index in [1.54, 1.807) is 0 Å². The lowest BCUT2D eigenvalue weighted by atomic mass is 10.4. The standard InChI is InChI=1S/C5H14N2O2.2C3H6O.C2H3Cl2NO/c6-1-2-7-3-5(9)4-8;2*1-3(2)4;3-1(4)2(5)6/h5,7-9H,1-4,6H2;2*4H,1H2,2H3;1H,(H2,5,6). The van der Waals surface area contributed by atoms with E-state index < -0.39 is 16.8 Å². The van der Waals surface area contributed by atoms with Gasteiger partial charge in [0.2, 0.25) is 0 Å². The predicted molar refractivity (Wildman–Crippen MR) is 86.8 cm³/mol. The number of primary amides is 1. The van der Waals surface area contributed by atoms with Gasteiger partial charge in [0, 0.05) is 0 Å². The van der Waals surface area contributed by atoms with E-state index in [1.807, 2.05) is 5.32 Å². The highest BCUT2D eigenvalue weighted by Gasteiger charge is 2.02. The number of hydrogen-bond acceptors (Lipinski definition) is 5. The van der Waals surface area contributed by atoms with Gasteiger partial charge in [-0.15, -0.1) is 24.7 Å². The van der Waals surface area contributed by atoms with E-state index in [9.17, 15) is 15.0 Å². The molecule has 10 heteroatoms. The van der Waals surface area contributed by atoms with Crippen LogP contribution in [0.1, 0.15) is 13.8 Å². The molecule has 0 aromatic heterocycles. The summed E-state index contributed by atoms with van der Waals surface area (Å²) in [5.41, 5.74) is 8.17. The number of carbonyl (C=O) groups excluding carboxylic acids is 1. The molecule has 0 saturated carbocycles. The number of allylic oxidation sites excluding steroid dienone is 2. The van der Waals surface area contributed by atoms with Crippen LogP contribution in [0.4, 0.5) is 0 Å². The summed E-state index contributed by atoms with van der Waals surface area (Å²) in [6, 6.07) is 0. The fourth-order valence-electron chi connectivity index (χ4n) is 0.529. The molecule has 1 atom stereocenters. The van der Waals surface area contributed by atoms with Gasteiger partial charge in [-0.2, -0.15) is 0 Å². The van der Waals surface area contributed by atoms with Gasteiger partial charge in [-0.05, 0) is 0 Å². The van der Waals surface area contributed by atoms with E-state index >= 15 is 0 Å². The van der Waals surface area contributed by atoms with Gasteiger partial charge in [0.1, 0.15) is 25.7 Å². The zero-order valence-corrected chi connectivity index (χ0v) is 15.1. The van der Waals surface area contributed by atoms with Gasteiger partial charge < -0.3 is 37.2 Å². The summed E-state index contributed by atoms with van der Waals surface area (Å²) in [5, 5.41) is 37.7. The van der Waals surface area contributed by atoms with E-state index in [4.69, 9.17) is 33.4 Å². The average molecular weight is 378 g/mol. The lowest BCUT2D eigenvalue weighted by Gasteiger charge is -2.02. The molecule has 0 radical (unpaired) electrons. The molecule has 0 aliphatic rings. The van der Waals surface area contributed by atoms with Crippen LogP contribution >= 0.6 is 23.2 Å². The van der Waals surface area contributed by atoms with Crippen LogP contribution in [0, 0.1) is 0 Å². The number of nitrogens with two attached hydrogens (primary N) is 2. The van der Waals surface area contributed by atoms with Crippen LogP contribution in [-0.2, 0) is 4.79 Å². The molecule has 23 heavy (non-hydrogen) atoms. The average Bonchev–Trinajstić information content (AvgIpc) is 2.38. The van der Waals surface area contributed by atoms with Crippen molar-refractivity contribution in [2.45, 2.75) is 24.8 Å². The van der Waals surface area contributed by atoms with Crippen molar-refractivity contribution in [3.8, 4) is 0 Å². The Kier molecular flexibility index (Phi) is 30.2. The second-order valence-electron chi connectivity index (χ2n) is 4.11. The first-order valence-corrected chi connectivity index (χ1v) is 7.41. The van der Waals surface area contributed by atoms with Crippen LogP contribution in [0.2, 0.25) is 0 Å². The largest absolute Gasteiger partial charge is 0.876 e. The van der Waals surface area contributed by atoms with Crippen molar-refractivity contribution in [3.63, 3.8) is 0 Å². The number of hydrogen-bond donors (Lipinski definition) is 5. The van der Waals surface area contributed by atoms with E-state index in [-0.39, 0.29) is 18.1 Å². The Hall–Kier alpha value is -1.03. The Balaban J connectivity index is -0.000000112. The van der Waals surface area contributed by atoms with Crippen molar-refractivity contribution in [1.29, 1.82) is 0 Å². The number of halogens is 2. The van der Waals surface area contributed by atoms with Gasteiger partial charge in [0.15, 0.2) is 4.84 Å². The number of alkyl halides is 2. The molecule has 0 heterocycles. The highest BCUT2D eigenvalue weighted by molar-refractivity contribution is 6.53. The van der Waals surface area contributed by atoms with Crippen molar-refractivity contribution >= 4 is 29.1 Å². The zero-order valence-electron chi connectivity index (χ0n) is 13.6. The van der Waals surface area contributed by atoms with Crippen LogP contribution in [0.3, 0.4) is 0 Å². The van der Waals surface area contributed by atoms with Crippen LogP contribution < -0.4 is 27.0 Å². The summed E-state index contributed by atoms with van der Waals surface area (Å²) in [6.07, 6.45) is -0.573. The molecule has 9 N–H and O–H groups in total. The lowest BCUT2D eigenvalue weighted by Crippen LogP contribution is -2.89. The maximum absolute atomic E-state index is 9.66. The molecule has 0 saturated heterocycles. The molecule has 0 aliphatic carbocycles. The van der Waals surface area contributed by atoms with Crippen molar-refractivity contribution in [3.05, 3.63) is 24.7 Å². The number of quaternary nitrogens is 2. The highest BCUT2D eigenvalue weighted by Crippen LogP contribution is 1.97. The third kappa shape index (κ3) is 75.9. The first kappa shape index (κ1) is 29.9. The zero-order chi connectivity index (χ0) is 19.4. The molecule has 0 bridgehead atoms. The highest BCUT2D eigenvalue weighted by atomic mass is 35.5. The topological polar surface area (TPSA) is 174 Å². The number of aliphatic hydroxyl groups is 2. The SMILES string of the molecule is C=C(C)[O-].C=C(C)[O-].NC(=O)C(Cl)Cl.[NH3+]CC[NH2+]CC(O)CO. The molecular formula is C13H29Cl2N3O5. The fraction of sp³-hybridized carbons (Fsp3) is 0.615. The van der Waals surface area contributed by atoms with E-state index in [0.717, 1.165) is 13.1 Å². The van der Waals surface area contributed by atoms with E-state index in [2.05, 4.69) is 24.6 Å². The van der Waals surface area contributed by atoms with Crippen LogP contribution in [0.5, 0.6) is 0 Å². The first-order chi connectivity index (χ1) is 10.4. The summed E-state index contributed by atoms with van der Waals surface area (Å²) in [6.45, 7) is 11.0. The van der Waals surface area contributed by atoms with Crippen LogP contribution in [0.25, 0.3) is 0 Å². The summed E-state index contributed by atoms with van der Waals surface area (Å²) in [4.78, 5) is 8.59. The van der Waals surface area contributed by atoms with Crippen molar-refractivity contribution < 1.29 is 36.3 Å². The lowest BCUT2D eigenvalue weighted by molar-refractivity contribution is -0.675. The molecule has 0 aromatic carbocycles. The molecule has 8 nitrogen and oxygen atoms in total. The minimum atomic E-state index is -1.06. The Morgan fingerprint density at radius 1 is 1.30 bits per heavy atom. The predicted octanol–water partition coefficient (Wildman–Crippen LogP) is -3.82. The Labute approximate surface area is 147 Å². The Morgan fingerprint density at radius 3 is 1.78 bits per heavy atom. The van der Waals surface area contributed by atoms with Crippen molar-refractivity contribution in [1.82, 2.24) is 0 Å². The quantitative estimate of drug-likeness (QED) is 0.181. The van der Waals surface area contributed by atoms with Gasteiger partial charge in [-0.25, -0.2) is 0 Å². The minimum absolute atomic E-state index is 0.0833. The normalized spacial score (nSPS) is 9.91. The maximum Gasteiger partial charge on any atom is 0.250 e. The Morgan fingerprint density at radius 2 is 1.61 bits per heavy atom. The van der Waals surface area contributed by atoms with Crippen molar-refractivity contribution in [2.24, 2.45) is 5.73 Å². The number of rotatable bonds is 6. The first-order valence-electron chi connectivity index (χ1n) is 6.54. The number of aliphatic hydroxyl groups excluding tert-OH is 2. The van der Waals surface area contributed by atoms with E-state index in [0.29, 0.717) is 6.54 Å². The number of amides is 1. The molecule has 0 aliphatic heterocycles. The third-order valence-electron chi connectivity index (χ3n) is 1.27. The van der Waals surface area contributed by atoms with Crippen LogP contribution in [-0.4, -0.2) is 53.3 Å². The third-order valence-corrected chi connectivity index (χ3v) is 1.70. The van der Waals surface area contributed by atoms with E-state index in [1.165, 1.54) is 13.8 Å². The second-order valence-corrected chi connectivity index (χ2v) is 5.21. The van der Waals surface area contributed by atoms with Gasteiger partial charge in [-0.1, -0.05) is 37.0 Å². The minimum Gasteiger partial charge on any atom is -0.876 e. The molecule has 0 aromatic rings. The van der Waals surface area contributed by atoms with Crippen molar-refractivity contribution in [2.75, 3.05) is 26.2 Å². The molecule has 1 amide bonds. The monoisotopic (exact) mass is 377 g/mol. The smallest absolute Gasteiger partial charge is 0.250 e. The summed E-state index contributed by atoms with van der Waals surface area (Å²) < 4.78 is 0. The fourth-order valence-corrected chi connectivity index (χ4v) is 0.529. The number of carbonyl (C=O) groups is 1. The summed E-state index contributed by atoms with van der Waals surface area (Å²) in [7, 11) is 0. The summed E-state index contributed by atoms with van der Waals surface area (Å²) >= 11 is 9.81. The van der Waals surface area contributed by atoms with Crippen LogP contribution in [0.15, 0.2) is 24.7 Å². The molecule has 0 fully saturated rings.